The molecule has 1 aliphatic heterocycles. The number of rotatable bonds is 11. The molecule has 0 saturated carbocycles. The van der Waals surface area contributed by atoms with E-state index in [2.05, 4.69) is 11.7 Å². The normalized spacial score (nSPS) is 17.0. The molecule has 10 heteroatoms. The first kappa shape index (κ1) is 33.2. The molecule has 0 N–H and O–H groups in total. The van der Waals surface area contributed by atoms with Gasteiger partial charge < -0.3 is 14.2 Å². The predicted molar refractivity (Wildman–Crippen MR) is 160 cm³/mol. The van der Waals surface area contributed by atoms with Gasteiger partial charge in [0.05, 0.1) is 13.2 Å². The van der Waals surface area contributed by atoms with E-state index in [-0.39, 0.29) is 16.7 Å². The van der Waals surface area contributed by atoms with Crippen LogP contribution in [0.1, 0.15) is 50.0 Å². The number of hydrogen-bond acceptors (Lipinski definition) is 3. The molecule has 0 bridgehead atoms. The standard InChI is InChI=1S/C36H31F7O3/c1-2-3-4-5-22-20-44-35(45-21-22)25-9-6-23(7-10-25)26-11-8-24(30(37)16-26)14-15-36(42,43)46-28-12-13-29(31(38)19-28)27-17-32(39)34(41)33(40)18-27/h6-19,22,35H,2-5,20-21H2,1H3/b15-14+. The number of benzene rings is 4. The van der Waals surface area contributed by atoms with E-state index in [9.17, 15) is 30.7 Å². The van der Waals surface area contributed by atoms with Gasteiger partial charge >= 0.3 is 6.11 Å². The van der Waals surface area contributed by atoms with Crippen molar-refractivity contribution >= 4 is 6.08 Å². The lowest BCUT2D eigenvalue weighted by Crippen LogP contribution is -2.27. The van der Waals surface area contributed by atoms with Gasteiger partial charge in [0.2, 0.25) is 0 Å². The molecule has 0 aliphatic carbocycles. The Balaban J connectivity index is 1.20. The zero-order chi connectivity index (χ0) is 32.8. The molecule has 1 saturated heterocycles. The van der Waals surface area contributed by atoms with E-state index >= 15 is 0 Å². The summed E-state index contributed by atoms with van der Waals surface area (Å²) in [6, 6.07) is 15.1. The number of ether oxygens (including phenoxy) is 3. The van der Waals surface area contributed by atoms with Crippen LogP contribution in [0.4, 0.5) is 30.7 Å². The van der Waals surface area contributed by atoms with Crippen molar-refractivity contribution in [3.8, 4) is 28.0 Å². The monoisotopic (exact) mass is 644 g/mol. The van der Waals surface area contributed by atoms with Crippen LogP contribution in [0.3, 0.4) is 0 Å². The van der Waals surface area contributed by atoms with E-state index in [1.807, 2.05) is 12.1 Å². The summed E-state index contributed by atoms with van der Waals surface area (Å²) in [5.41, 5.74) is 1.25. The molecule has 0 aromatic heterocycles. The van der Waals surface area contributed by atoms with Crippen molar-refractivity contribution in [2.75, 3.05) is 13.2 Å². The lowest BCUT2D eigenvalue weighted by atomic mass is 10.0. The third-order valence-electron chi connectivity index (χ3n) is 7.65. The predicted octanol–water partition coefficient (Wildman–Crippen LogP) is 10.6. The summed E-state index contributed by atoms with van der Waals surface area (Å²) in [6.45, 7) is 3.43. The highest BCUT2D eigenvalue weighted by Gasteiger charge is 2.29. The number of halogens is 7. The van der Waals surface area contributed by atoms with Crippen LogP contribution in [0.2, 0.25) is 0 Å². The molecule has 4 aromatic carbocycles. The lowest BCUT2D eigenvalue weighted by molar-refractivity contribution is -0.206. The minimum absolute atomic E-state index is 0.136. The van der Waals surface area contributed by atoms with Crippen molar-refractivity contribution in [1.29, 1.82) is 0 Å². The number of hydrogen-bond donors (Lipinski definition) is 0. The van der Waals surface area contributed by atoms with Gasteiger partial charge in [0.1, 0.15) is 17.4 Å². The van der Waals surface area contributed by atoms with Crippen LogP contribution < -0.4 is 4.74 Å². The van der Waals surface area contributed by atoms with Crippen LogP contribution in [0, 0.1) is 35.0 Å². The fourth-order valence-corrected chi connectivity index (χ4v) is 5.14. The SMILES string of the molecule is CCCCCC1COC(c2ccc(-c3ccc(/C=C/C(F)(F)Oc4ccc(-c5cc(F)c(F)c(F)c5)c(F)c4)c(F)c3)cc2)OC1. The first-order chi connectivity index (χ1) is 22.0. The summed E-state index contributed by atoms with van der Waals surface area (Å²) in [7, 11) is 0. The van der Waals surface area contributed by atoms with Gasteiger partial charge in [-0.25, -0.2) is 22.0 Å². The molecule has 242 valence electrons. The molecule has 4 aromatic rings. The molecule has 0 radical (unpaired) electrons. The first-order valence-corrected chi connectivity index (χ1v) is 14.9. The third kappa shape index (κ3) is 8.16. The molecule has 46 heavy (non-hydrogen) atoms. The molecule has 1 aliphatic rings. The van der Waals surface area contributed by atoms with E-state index in [0.29, 0.717) is 54.5 Å². The highest BCUT2D eigenvalue weighted by molar-refractivity contribution is 5.67. The van der Waals surface area contributed by atoms with Gasteiger partial charge in [-0.05, 0) is 59.5 Å². The summed E-state index contributed by atoms with van der Waals surface area (Å²) in [5, 5.41) is 0. The third-order valence-corrected chi connectivity index (χ3v) is 7.65. The van der Waals surface area contributed by atoms with Crippen molar-refractivity contribution in [3.05, 3.63) is 119 Å². The maximum absolute atomic E-state index is 14.9. The second-order valence-electron chi connectivity index (χ2n) is 11.1. The Hall–Kier alpha value is -4.15. The van der Waals surface area contributed by atoms with Crippen LogP contribution >= 0.6 is 0 Å². The van der Waals surface area contributed by atoms with E-state index in [1.54, 1.807) is 18.2 Å². The minimum atomic E-state index is -3.97. The second kappa shape index (κ2) is 14.5. The molecule has 1 heterocycles. The largest absolute Gasteiger partial charge is 0.429 e. The fourth-order valence-electron chi connectivity index (χ4n) is 5.14. The molecule has 1 fully saturated rings. The Morgan fingerprint density at radius 3 is 2.02 bits per heavy atom. The van der Waals surface area contributed by atoms with Crippen molar-refractivity contribution in [1.82, 2.24) is 0 Å². The Labute approximate surface area is 262 Å². The Bertz CT molecular complexity index is 1660. The Morgan fingerprint density at radius 2 is 1.39 bits per heavy atom. The zero-order valence-corrected chi connectivity index (χ0v) is 24.9. The Kier molecular flexibility index (Phi) is 10.5. The summed E-state index contributed by atoms with van der Waals surface area (Å²) in [5.74, 6) is -6.89. The molecule has 5 rings (SSSR count). The van der Waals surface area contributed by atoms with E-state index in [1.165, 1.54) is 18.6 Å². The van der Waals surface area contributed by atoms with Gasteiger partial charge in [0.25, 0.3) is 0 Å². The van der Waals surface area contributed by atoms with Gasteiger partial charge in [0, 0.05) is 34.8 Å². The average Bonchev–Trinajstić information content (AvgIpc) is 3.03. The van der Waals surface area contributed by atoms with Crippen LogP contribution in [-0.2, 0) is 9.47 Å². The van der Waals surface area contributed by atoms with Gasteiger partial charge in [-0.2, -0.15) is 8.78 Å². The molecule has 0 spiro atoms. The second-order valence-corrected chi connectivity index (χ2v) is 11.1. The van der Waals surface area contributed by atoms with Gasteiger partial charge in [-0.3, -0.25) is 0 Å². The maximum Gasteiger partial charge on any atom is 0.419 e. The first-order valence-electron chi connectivity index (χ1n) is 14.9. The minimum Gasteiger partial charge on any atom is -0.429 e. The van der Waals surface area contributed by atoms with E-state index in [4.69, 9.17) is 9.47 Å². The maximum atomic E-state index is 14.9. The van der Waals surface area contributed by atoms with Crippen molar-refractivity contribution in [2.24, 2.45) is 5.92 Å². The zero-order valence-electron chi connectivity index (χ0n) is 24.9. The van der Waals surface area contributed by atoms with Crippen LogP contribution in [-0.4, -0.2) is 19.3 Å². The summed E-state index contributed by atoms with van der Waals surface area (Å²) < 4.78 is 115. The van der Waals surface area contributed by atoms with Crippen LogP contribution in [0.25, 0.3) is 28.3 Å². The molecule has 3 nitrogen and oxygen atoms in total. The van der Waals surface area contributed by atoms with Gasteiger partial charge in [-0.15, -0.1) is 0 Å². The Morgan fingerprint density at radius 1 is 0.739 bits per heavy atom. The summed E-state index contributed by atoms with van der Waals surface area (Å²) in [6.07, 6.45) is 1.29. The fraction of sp³-hybridized carbons (Fsp3) is 0.278. The summed E-state index contributed by atoms with van der Waals surface area (Å²) in [4.78, 5) is 0. The lowest BCUT2D eigenvalue weighted by Gasteiger charge is -2.29. The van der Waals surface area contributed by atoms with Crippen molar-refractivity contribution in [3.63, 3.8) is 0 Å². The van der Waals surface area contributed by atoms with E-state index < -0.39 is 47.2 Å². The highest BCUT2D eigenvalue weighted by atomic mass is 19.3. The molecule has 0 amide bonds. The number of unbranched alkanes of at least 4 members (excludes halogenated alkanes) is 2. The molecular weight excluding hydrogens is 613 g/mol. The molecule has 0 atom stereocenters. The quantitative estimate of drug-likeness (QED) is 0.0924. The van der Waals surface area contributed by atoms with E-state index in [0.717, 1.165) is 43.0 Å². The highest BCUT2D eigenvalue weighted by Crippen LogP contribution is 2.33. The number of alkyl halides is 2. The summed E-state index contributed by atoms with van der Waals surface area (Å²) >= 11 is 0. The molecular formula is C36H31F7O3. The van der Waals surface area contributed by atoms with Gasteiger partial charge in [0.15, 0.2) is 23.7 Å². The van der Waals surface area contributed by atoms with Crippen LogP contribution in [0.15, 0.2) is 78.9 Å². The van der Waals surface area contributed by atoms with Crippen LogP contribution in [0.5, 0.6) is 5.75 Å². The van der Waals surface area contributed by atoms with Crippen molar-refractivity contribution in [2.45, 2.75) is 45.0 Å². The van der Waals surface area contributed by atoms with Crippen molar-refractivity contribution < 1.29 is 44.9 Å². The van der Waals surface area contributed by atoms with Gasteiger partial charge in [-0.1, -0.05) is 62.6 Å². The smallest absolute Gasteiger partial charge is 0.419 e. The topological polar surface area (TPSA) is 27.7 Å². The average molecular weight is 645 g/mol. The molecule has 0 unspecified atom stereocenters.